The third-order valence-electron chi connectivity index (χ3n) is 3.39. The van der Waals surface area contributed by atoms with Crippen molar-refractivity contribution >= 4 is 17.6 Å². The van der Waals surface area contributed by atoms with Crippen LogP contribution in [-0.4, -0.2) is 55.9 Å². The first kappa shape index (κ1) is 16.9. The van der Waals surface area contributed by atoms with E-state index < -0.39 is 12.1 Å². The van der Waals surface area contributed by atoms with Crippen molar-refractivity contribution in [3.63, 3.8) is 0 Å². The van der Waals surface area contributed by atoms with Crippen LogP contribution in [0, 0.1) is 0 Å². The highest BCUT2D eigenvalue weighted by molar-refractivity contribution is 6.30. The molecular formula is C15H20ClNO5. The number of aliphatic hydroxyl groups excluding tert-OH is 1. The number of carbonyl (C=O) groups is 1. The molecule has 1 N–H and O–H groups in total. The van der Waals surface area contributed by atoms with Gasteiger partial charge in [-0.1, -0.05) is 11.6 Å². The Balaban J connectivity index is 2.32. The van der Waals surface area contributed by atoms with E-state index in [1.807, 2.05) is 7.05 Å². The summed E-state index contributed by atoms with van der Waals surface area (Å²) in [7, 11) is 3.46. The van der Waals surface area contributed by atoms with Gasteiger partial charge in [-0.3, -0.25) is 4.90 Å². The van der Waals surface area contributed by atoms with Gasteiger partial charge in [-0.25, -0.2) is 4.79 Å². The van der Waals surface area contributed by atoms with Gasteiger partial charge in [0, 0.05) is 29.7 Å². The standard InChI is InChI=1S/C15H20ClNO5/c1-4-21-15(19)13(18)11-5-9(16)6-12(20-3)14(11)22-10-7-17(2)8-10/h5-6,10,13,18H,4,7-8H2,1-3H3. The van der Waals surface area contributed by atoms with Gasteiger partial charge in [-0.05, 0) is 20.0 Å². The van der Waals surface area contributed by atoms with E-state index in [1.54, 1.807) is 13.0 Å². The summed E-state index contributed by atoms with van der Waals surface area (Å²) in [6.07, 6.45) is -1.49. The average molecular weight is 330 g/mol. The number of nitrogens with zero attached hydrogens (tertiary/aromatic N) is 1. The summed E-state index contributed by atoms with van der Waals surface area (Å²) in [6.45, 7) is 3.38. The third kappa shape index (κ3) is 3.63. The van der Waals surface area contributed by atoms with Gasteiger partial charge >= 0.3 is 5.97 Å². The third-order valence-corrected chi connectivity index (χ3v) is 3.61. The highest BCUT2D eigenvalue weighted by Crippen LogP contribution is 2.39. The number of aliphatic hydroxyl groups is 1. The molecule has 6 nitrogen and oxygen atoms in total. The molecule has 1 saturated heterocycles. The van der Waals surface area contributed by atoms with Gasteiger partial charge in [0.25, 0.3) is 0 Å². The average Bonchev–Trinajstić information content (AvgIpc) is 2.46. The van der Waals surface area contributed by atoms with Gasteiger partial charge in [0.15, 0.2) is 17.6 Å². The summed E-state index contributed by atoms with van der Waals surface area (Å²) < 4.78 is 16.0. The number of hydrogen-bond donors (Lipinski definition) is 1. The fourth-order valence-electron chi connectivity index (χ4n) is 2.30. The van der Waals surface area contributed by atoms with E-state index in [0.717, 1.165) is 13.1 Å². The van der Waals surface area contributed by atoms with Gasteiger partial charge in [-0.15, -0.1) is 0 Å². The maximum atomic E-state index is 11.8. The van der Waals surface area contributed by atoms with Crippen LogP contribution in [0.4, 0.5) is 0 Å². The normalized spacial score (nSPS) is 16.8. The second-order valence-corrected chi connectivity index (χ2v) is 5.58. The Morgan fingerprint density at radius 1 is 1.50 bits per heavy atom. The summed E-state index contributed by atoms with van der Waals surface area (Å²) in [5.74, 6) is -0.0478. The van der Waals surface area contributed by atoms with Crippen molar-refractivity contribution in [3.05, 3.63) is 22.7 Å². The van der Waals surface area contributed by atoms with Gasteiger partial charge in [-0.2, -0.15) is 0 Å². The molecule has 1 aliphatic rings. The predicted octanol–water partition coefficient (Wildman–Crippen LogP) is 1.64. The molecule has 1 unspecified atom stereocenters. The first-order valence-corrected chi connectivity index (χ1v) is 7.41. The number of esters is 1. The first-order chi connectivity index (χ1) is 10.5. The fourth-order valence-corrected chi connectivity index (χ4v) is 2.52. The Hall–Kier alpha value is -1.50. The molecule has 0 aromatic heterocycles. The minimum absolute atomic E-state index is 0.0202. The summed E-state index contributed by atoms with van der Waals surface area (Å²) in [6, 6.07) is 3.07. The molecule has 1 heterocycles. The maximum absolute atomic E-state index is 11.8. The largest absolute Gasteiger partial charge is 0.493 e. The minimum atomic E-state index is -1.47. The van der Waals surface area contributed by atoms with Crippen LogP contribution in [0.15, 0.2) is 12.1 Å². The molecule has 0 bridgehead atoms. The van der Waals surface area contributed by atoms with E-state index >= 15 is 0 Å². The monoisotopic (exact) mass is 329 g/mol. The molecule has 1 atom stereocenters. The molecule has 0 spiro atoms. The van der Waals surface area contributed by atoms with Crippen LogP contribution in [0.2, 0.25) is 5.02 Å². The number of likely N-dealkylation sites (tertiary alicyclic amines) is 1. The fraction of sp³-hybridized carbons (Fsp3) is 0.533. The zero-order chi connectivity index (χ0) is 16.3. The van der Waals surface area contributed by atoms with Crippen molar-refractivity contribution in [2.45, 2.75) is 19.1 Å². The first-order valence-electron chi connectivity index (χ1n) is 7.03. The predicted molar refractivity (Wildman–Crippen MR) is 81.5 cm³/mol. The highest BCUT2D eigenvalue weighted by atomic mass is 35.5. The van der Waals surface area contributed by atoms with Crippen molar-refractivity contribution in [2.24, 2.45) is 0 Å². The molecule has 22 heavy (non-hydrogen) atoms. The van der Waals surface area contributed by atoms with Crippen molar-refractivity contribution in [3.8, 4) is 11.5 Å². The summed E-state index contributed by atoms with van der Waals surface area (Å²) in [5.41, 5.74) is 0.248. The Morgan fingerprint density at radius 3 is 2.73 bits per heavy atom. The van der Waals surface area contributed by atoms with Gasteiger partial charge < -0.3 is 19.3 Å². The molecule has 7 heteroatoms. The SMILES string of the molecule is CCOC(=O)C(O)c1cc(Cl)cc(OC)c1OC1CN(C)C1. The summed E-state index contributed by atoms with van der Waals surface area (Å²) in [5, 5.41) is 10.6. The number of ether oxygens (including phenoxy) is 3. The molecule has 122 valence electrons. The molecule has 0 amide bonds. The molecule has 1 aromatic carbocycles. The minimum Gasteiger partial charge on any atom is -0.493 e. The lowest BCUT2D eigenvalue weighted by Crippen LogP contribution is -2.51. The van der Waals surface area contributed by atoms with Crippen LogP contribution in [0.5, 0.6) is 11.5 Å². The number of hydrogen-bond acceptors (Lipinski definition) is 6. The van der Waals surface area contributed by atoms with Gasteiger partial charge in [0.1, 0.15) is 6.10 Å². The van der Waals surface area contributed by atoms with Crippen molar-refractivity contribution in [1.82, 2.24) is 4.90 Å². The second kappa shape index (κ2) is 7.17. The van der Waals surface area contributed by atoms with Gasteiger partial charge in [0.2, 0.25) is 0 Å². The van der Waals surface area contributed by atoms with E-state index in [0.29, 0.717) is 16.5 Å². The zero-order valence-corrected chi connectivity index (χ0v) is 13.6. The van der Waals surface area contributed by atoms with E-state index in [2.05, 4.69) is 4.90 Å². The Labute approximate surface area is 134 Å². The lowest BCUT2D eigenvalue weighted by atomic mass is 10.1. The summed E-state index contributed by atoms with van der Waals surface area (Å²) in [4.78, 5) is 13.9. The lowest BCUT2D eigenvalue weighted by Gasteiger charge is -2.36. The van der Waals surface area contributed by atoms with Crippen LogP contribution >= 0.6 is 11.6 Å². The molecule has 1 aliphatic heterocycles. The van der Waals surface area contributed by atoms with Crippen LogP contribution in [-0.2, 0) is 9.53 Å². The maximum Gasteiger partial charge on any atom is 0.339 e. The number of carbonyl (C=O) groups excluding carboxylic acids is 1. The molecule has 2 rings (SSSR count). The van der Waals surface area contributed by atoms with E-state index in [1.165, 1.54) is 13.2 Å². The number of methoxy groups -OCH3 is 1. The van der Waals surface area contributed by atoms with Crippen LogP contribution in [0.25, 0.3) is 0 Å². The van der Waals surface area contributed by atoms with Crippen LogP contribution in [0.3, 0.4) is 0 Å². The zero-order valence-electron chi connectivity index (χ0n) is 12.8. The van der Waals surface area contributed by atoms with E-state index in [-0.39, 0.29) is 18.3 Å². The van der Waals surface area contributed by atoms with Crippen LogP contribution in [0.1, 0.15) is 18.6 Å². The van der Waals surface area contributed by atoms with E-state index in [4.69, 9.17) is 25.8 Å². The molecule has 0 saturated carbocycles. The molecule has 1 aromatic rings. The number of likely N-dealkylation sites (N-methyl/N-ethyl adjacent to an activating group) is 1. The molecular weight excluding hydrogens is 310 g/mol. The Kier molecular flexibility index (Phi) is 5.50. The van der Waals surface area contributed by atoms with Crippen molar-refractivity contribution in [1.29, 1.82) is 0 Å². The number of benzene rings is 1. The van der Waals surface area contributed by atoms with Crippen molar-refractivity contribution < 1.29 is 24.1 Å². The van der Waals surface area contributed by atoms with E-state index in [9.17, 15) is 9.90 Å². The molecule has 1 fully saturated rings. The molecule has 0 aliphatic carbocycles. The second-order valence-electron chi connectivity index (χ2n) is 5.14. The van der Waals surface area contributed by atoms with Gasteiger partial charge in [0.05, 0.1) is 13.7 Å². The topological polar surface area (TPSA) is 68.2 Å². The smallest absolute Gasteiger partial charge is 0.339 e. The van der Waals surface area contributed by atoms with Crippen molar-refractivity contribution in [2.75, 3.05) is 33.9 Å². The molecule has 0 radical (unpaired) electrons. The Morgan fingerprint density at radius 2 is 2.18 bits per heavy atom. The Bertz CT molecular complexity index is 545. The quantitative estimate of drug-likeness (QED) is 0.800. The lowest BCUT2D eigenvalue weighted by molar-refractivity contribution is -0.153. The highest BCUT2D eigenvalue weighted by Gasteiger charge is 2.31. The number of halogens is 1. The van der Waals surface area contributed by atoms with Crippen LogP contribution < -0.4 is 9.47 Å². The number of rotatable bonds is 6. The summed E-state index contributed by atoms with van der Waals surface area (Å²) >= 11 is 6.03.